The van der Waals surface area contributed by atoms with E-state index in [-0.39, 0.29) is 5.71 Å². The first-order valence-electron chi connectivity index (χ1n) is 6.27. The van der Waals surface area contributed by atoms with Crippen molar-refractivity contribution in [3.63, 3.8) is 0 Å². The maximum atomic E-state index is 11.4. The van der Waals surface area contributed by atoms with Crippen molar-refractivity contribution in [1.29, 1.82) is 0 Å². The molecule has 0 heterocycles. The molecule has 4 nitrogen and oxygen atoms in total. The summed E-state index contributed by atoms with van der Waals surface area (Å²) in [5.74, 6) is -0.453. The predicted octanol–water partition coefficient (Wildman–Crippen LogP) is 3.53. The maximum Gasteiger partial charge on any atom is 0.354 e. The van der Waals surface area contributed by atoms with Crippen LogP contribution in [0.15, 0.2) is 58.0 Å². The van der Waals surface area contributed by atoms with Crippen LogP contribution in [0.5, 0.6) is 5.75 Å². The highest BCUT2D eigenvalue weighted by atomic mass is 79.9. The van der Waals surface area contributed by atoms with E-state index < -0.39 is 5.97 Å². The molecule has 0 saturated heterocycles. The molecule has 0 atom stereocenters. The highest BCUT2D eigenvalue weighted by Gasteiger charge is 2.12. The van der Waals surface area contributed by atoms with Crippen LogP contribution in [0.3, 0.4) is 0 Å². The van der Waals surface area contributed by atoms with Gasteiger partial charge in [0.1, 0.15) is 5.75 Å². The van der Waals surface area contributed by atoms with Crippen LogP contribution < -0.4 is 4.74 Å². The van der Waals surface area contributed by atoms with Gasteiger partial charge in [-0.05, 0) is 29.8 Å². The molecule has 0 aliphatic carbocycles. The zero-order valence-corrected chi connectivity index (χ0v) is 13.0. The number of benzene rings is 2. The summed E-state index contributed by atoms with van der Waals surface area (Å²) in [5.41, 5.74) is 1.50. The van der Waals surface area contributed by atoms with Gasteiger partial charge in [-0.2, -0.15) is 0 Å². The molecule has 108 valence electrons. The van der Waals surface area contributed by atoms with E-state index in [9.17, 15) is 9.90 Å². The zero-order valence-electron chi connectivity index (χ0n) is 11.4. The van der Waals surface area contributed by atoms with Gasteiger partial charge in [0, 0.05) is 10.0 Å². The smallest absolute Gasteiger partial charge is 0.354 e. The second kappa shape index (κ2) is 7.04. The van der Waals surface area contributed by atoms with Gasteiger partial charge in [0.2, 0.25) is 0 Å². The molecule has 0 aromatic heterocycles. The summed E-state index contributed by atoms with van der Waals surface area (Å²) in [7, 11) is 1.54. The van der Waals surface area contributed by atoms with E-state index in [1.54, 1.807) is 31.4 Å². The van der Waals surface area contributed by atoms with Gasteiger partial charge in [-0.1, -0.05) is 40.2 Å². The number of carbonyl (C=O) groups is 1. The highest BCUT2D eigenvalue weighted by Crippen LogP contribution is 2.15. The molecular formula is C16H14BrNO3. The first-order valence-corrected chi connectivity index (χ1v) is 7.06. The average molecular weight is 348 g/mol. The Balaban J connectivity index is 2.27. The third-order valence-corrected chi connectivity index (χ3v) is 3.41. The Bertz CT molecular complexity index is 665. The van der Waals surface area contributed by atoms with Crippen molar-refractivity contribution in [2.45, 2.75) is 6.54 Å². The van der Waals surface area contributed by atoms with Crippen LogP contribution in [-0.4, -0.2) is 23.9 Å². The Morgan fingerprint density at radius 3 is 2.57 bits per heavy atom. The molecule has 21 heavy (non-hydrogen) atoms. The lowest BCUT2D eigenvalue weighted by atomic mass is 10.1. The summed E-state index contributed by atoms with van der Waals surface area (Å²) in [6.07, 6.45) is 0. The molecule has 0 fully saturated rings. The molecule has 0 aliphatic heterocycles. The number of ether oxygens (including phenoxy) is 1. The van der Waals surface area contributed by atoms with Crippen LogP contribution >= 0.6 is 15.9 Å². The van der Waals surface area contributed by atoms with Crippen molar-refractivity contribution in [2.75, 3.05) is 7.11 Å². The van der Waals surface area contributed by atoms with Crippen molar-refractivity contribution in [2.24, 2.45) is 4.99 Å². The Hall–Kier alpha value is -2.14. The number of aliphatic carboxylic acids is 1. The molecule has 0 aliphatic rings. The third kappa shape index (κ3) is 4.16. The minimum atomic E-state index is -1.06. The van der Waals surface area contributed by atoms with Gasteiger partial charge >= 0.3 is 5.97 Å². The zero-order chi connectivity index (χ0) is 15.2. The van der Waals surface area contributed by atoms with Crippen LogP contribution in [0, 0.1) is 0 Å². The highest BCUT2D eigenvalue weighted by molar-refractivity contribution is 9.10. The minimum absolute atomic E-state index is 0.0248. The molecule has 0 spiro atoms. The van der Waals surface area contributed by atoms with Crippen LogP contribution in [-0.2, 0) is 11.3 Å². The van der Waals surface area contributed by atoms with Gasteiger partial charge in [0.15, 0.2) is 5.71 Å². The van der Waals surface area contributed by atoms with Crippen molar-refractivity contribution in [3.8, 4) is 5.75 Å². The van der Waals surface area contributed by atoms with E-state index >= 15 is 0 Å². The quantitative estimate of drug-likeness (QED) is 0.841. The molecular weight excluding hydrogens is 334 g/mol. The largest absolute Gasteiger partial charge is 0.497 e. The molecule has 0 bridgehead atoms. The van der Waals surface area contributed by atoms with E-state index in [2.05, 4.69) is 20.9 Å². The number of hydrogen-bond acceptors (Lipinski definition) is 3. The summed E-state index contributed by atoms with van der Waals surface area (Å²) < 4.78 is 6.08. The van der Waals surface area contributed by atoms with Crippen molar-refractivity contribution in [3.05, 3.63) is 64.1 Å². The molecule has 0 amide bonds. The normalized spacial score (nSPS) is 11.2. The SMILES string of the molecule is COc1cccc(C(=NCc2ccc(Br)cc2)C(=O)O)c1. The van der Waals surface area contributed by atoms with E-state index in [1.165, 1.54) is 0 Å². The molecule has 2 aromatic carbocycles. The van der Waals surface area contributed by atoms with Crippen LogP contribution in [0.4, 0.5) is 0 Å². The number of nitrogens with zero attached hydrogens (tertiary/aromatic N) is 1. The molecule has 0 radical (unpaired) electrons. The van der Waals surface area contributed by atoms with Crippen LogP contribution in [0.2, 0.25) is 0 Å². The fourth-order valence-corrected chi connectivity index (χ4v) is 2.08. The Kier molecular flexibility index (Phi) is 5.11. The second-order valence-corrected chi connectivity index (χ2v) is 5.24. The number of carboxylic acid groups (broad SMARTS) is 1. The van der Waals surface area contributed by atoms with Crippen LogP contribution in [0.25, 0.3) is 0 Å². The Labute approximate surface area is 131 Å². The minimum Gasteiger partial charge on any atom is -0.497 e. The standard InChI is InChI=1S/C16H14BrNO3/c1-21-14-4-2-3-12(9-14)15(16(19)20)18-10-11-5-7-13(17)8-6-11/h2-9H,10H2,1H3,(H,19,20). The van der Waals surface area contributed by atoms with E-state index in [1.807, 2.05) is 24.3 Å². The number of hydrogen-bond donors (Lipinski definition) is 1. The number of carboxylic acids is 1. The van der Waals surface area contributed by atoms with Gasteiger partial charge in [0.25, 0.3) is 0 Å². The number of methoxy groups -OCH3 is 1. The Morgan fingerprint density at radius 2 is 1.95 bits per heavy atom. The van der Waals surface area contributed by atoms with Crippen molar-refractivity contribution < 1.29 is 14.6 Å². The molecule has 5 heteroatoms. The lowest BCUT2D eigenvalue weighted by Crippen LogP contribution is -2.15. The van der Waals surface area contributed by atoms with Gasteiger partial charge in [0.05, 0.1) is 13.7 Å². The summed E-state index contributed by atoms with van der Waals surface area (Å²) in [6, 6.07) is 14.5. The fourth-order valence-electron chi connectivity index (χ4n) is 1.81. The first-order chi connectivity index (χ1) is 10.1. The average Bonchev–Trinajstić information content (AvgIpc) is 2.49. The van der Waals surface area contributed by atoms with Crippen molar-refractivity contribution in [1.82, 2.24) is 0 Å². The van der Waals surface area contributed by atoms with E-state index in [0.717, 1.165) is 10.0 Å². The molecule has 1 N–H and O–H groups in total. The first kappa shape index (κ1) is 15.3. The lowest BCUT2D eigenvalue weighted by Gasteiger charge is -2.05. The summed E-state index contributed by atoms with van der Waals surface area (Å²) in [5, 5.41) is 9.33. The maximum absolute atomic E-state index is 11.4. The van der Waals surface area contributed by atoms with E-state index in [4.69, 9.17) is 4.74 Å². The molecule has 0 unspecified atom stereocenters. The molecule has 0 saturated carbocycles. The second-order valence-electron chi connectivity index (χ2n) is 4.33. The summed E-state index contributed by atoms with van der Waals surface area (Å²) in [6.45, 7) is 0.312. The topological polar surface area (TPSA) is 58.9 Å². The number of halogens is 1. The van der Waals surface area contributed by atoms with Gasteiger partial charge in [-0.3, -0.25) is 4.99 Å². The molecule has 2 aromatic rings. The summed E-state index contributed by atoms with van der Waals surface area (Å²) in [4.78, 5) is 15.6. The monoisotopic (exact) mass is 347 g/mol. The van der Waals surface area contributed by atoms with Gasteiger partial charge in [-0.25, -0.2) is 4.79 Å². The third-order valence-electron chi connectivity index (χ3n) is 2.88. The number of aliphatic imine (C=N–C) groups is 1. The Morgan fingerprint density at radius 1 is 1.24 bits per heavy atom. The predicted molar refractivity (Wildman–Crippen MR) is 85.0 cm³/mol. The summed E-state index contributed by atoms with van der Waals surface area (Å²) >= 11 is 3.36. The van der Waals surface area contributed by atoms with E-state index in [0.29, 0.717) is 17.9 Å². The van der Waals surface area contributed by atoms with Gasteiger partial charge < -0.3 is 9.84 Å². The number of rotatable bonds is 5. The molecule has 2 rings (SSSR count). The fraction of sp³-hybridized carbons (Fsp3) is 0.125. The lowest BCUT2D eigenvalue weighted by molar-refractivity contribution is -0.129. The van der Waals surface area contributed by atoms with Gasteiger partial charge in [-0.15, -0.1) is 0 Å². The van der Waals surface area contributed by atoms with Crippen molar-refractivity contribution >= 4 is 27.6 Å². The van der Waals surface area contributed by atoms with Crippen LogP contribution in [0.1, 0.15) is 11.1 Å².